The van der Waals surface area contributed by atoms with Gasteiger partial charge >= 0.3 is 0 Å². The number of anilines is 1. The van der Waals surface area contributed by atoms with Crippen molar-refractivity contribution in [2.75, 3.05) is 11.0 Å². The van der Waals surface area contributed by atoms with Crippen LogP contribution in [0.25, 0.3) is 0 Å². The summed E-state index contributed by atoms with van der Waals surface area (Å²) in [6, 6.07) is 6.86. The Morgan fingerprint density at radius 1 is 1.13 bits per heavy atom. The van der Waals surface area contributed by atoms with Gasteiger partial charge in [-0.3, -0.25) is 9.52 Å². The van der Waals surface area contributed by atoms with Crippen molar-refractivity contribution in [3.63, 3.8) is 0 Å². The van der Waals surface area contributed by atoms with E-state index in [0.717, 1.165) is 24.7 Å². The number of hydrogen-bond donors (Lipinski definition) is 2. The summed E-state index contributed by atoms with van der Waals surface area (Å²) < 4.78 is 25.3. The van der Waals surface area contributed by atoms with Gasteiger partial charge < -0.3 is 5.32 Å². The summed E-state index contributed by atoms with van der Waals surface area (Å²) in [4.78, 5) is 12.0. The Morgan fingerprint density at radius 3 is 2.43 bits per heavy atom. The predicted molar refractivity (Wildman–Crippen MR) is 94.8 cm³/mol. The van der Waals surface area contributed by atoms with E-state index < -0.39 is 10.0 Å². The first-order chi connectivity index (χ1) is 10.8. The van der Waals surface area contributed by atoms with Crippen molar-refractivity contribution in [1.82, 2.24) is 5.32 Å². The normalized spacial score (nSPS) is 12.7. The van der Waals surface area contributed by atoms with E-state index in [0.29, 0.717) is 12.1 Å². The summed E-state index contributed by atoms with van der Waals surface area (Å²) >= 11 is 0. The van der Waals surface area contributed by atoms with Gasteiger partial charge in [-0.15, -0.1) is 0 Å². The fourth-order valence-corrected chi connectivity index (χ4v) is 3.03. The zero-order valence-corrected chi connectivity index (χ0v) is 15.1. The minimum Gasteiger partial charge on any atom is -0.350 e. The van der Waals surface area contributed by atoms with Crippen LogP contribution in [0, 0.1) is 0 Å². The number of para-hydroxylation sites is 1. The first-order valence-electron chi connectivity index (χ1n) is 8.19. The maximum Gasteiger partial charge on any atom is 0.229 e. The van der Waals surface area contributed by atoms with Crippen LogP contribution in [0.3, 0.4) is 0 Å². The fourth-order valence-electron chi connectivity index (χ4n) is 2.45. The number of carbonyl (C=O) groups excluding carboxylic acids is 1. The topological polar surface area (TPSA) is 75.3 Å². The standard InChI is InChI=1S/C17H28N2O3S/c1-4-5-6-7-8-13-17(20)18-14(2)15-11-9-10-12-16(15)19-23(3,21)22/h9-12,14,19H,4-8,13H2,1-3H3,(H,18,20). The van der Waals surface area contributed by atoms with Crippen LogP contribution in [0.2, 0.25) is 0 Å². The number of sulfonamides is 1. The molecule has 0 aliphatic heterocycles. The predicted octanol–water partition coefficient (Wildman–Crippen LogP) is 3.60. The Bertz CT molecular complexity index is 600. The van der Waals surface area contributed by atoms with Crippen LogP contribution < -0.4 is 10.0 Å². The Balaban J connectivity index is 2.57. The largest absolute Gasteiger partial charge is 0.350 e. The average Bonchev–Trinajstić information content (AvgIpc) is 2.45. The molecule has 0 aliphatic rings. The van der Waals surface area contributed by atoms with Crippen LogP contribution in [-0.4, -0.2) is 20.6 Å². The van der Waals surface area contributed by atoms with Crippen molar-refractivity contribution >= 4 is 21.6 Å². The van der Waals surface area contributed by atoms with Gasteiger partial charge in [0.25, 0.3) is 0 Å². The molecular formula is C17H28N2O3S. The molecule has 1 aromatic carbocycles. The molecule has 1 rings (SSSR count). The van der Waals surface area contributed by atoms with E-state index in [2.05, 4.69) is 17.0 Å². The Kier molecular flexibility index (Phi) is 8.09. The second-order valence-corrected chi connectivity index (χ2v) is 7.66. The van der Waals surface area contributed by atoms with Gasteiger partial charge in [0.1, 0.15) is 0 Å². The zero-order valence-electron chi connectivity index (χ0n) is 14.3. The summed E-state index contributed by atoms with van der Waals surface area (Å²) in [6.07, 6.45) is 7.15. The highest BCUT2D eigenvalue weighted by molar-refractivity contribution is 7.92. The third-order valence-corrected chi connectivity index (χ3v) is 4.20. The van der Waals surface area contributed by atoms with Gasteiger partial charge in [-0.2, -0.15) is 0 Å². The van der Waals surface area contributed by atoms with Gasteiger partial charge in [0.05, 0.1) is 18.0 Å². The molecule has 1 aromatic rings. The molecule has 0 radical (unpaired) electrons. The average molecular weight is 340 g/mol. The maximum absolute atomic E-state index is 12.0. The molecule has 0 aliphatic carbocycles. The van der Waals surface area contributed by atoms with Crippen LogP contribution >= 0.6 is 0 Å². The van der Waals surface area contributed by atoms with E-state index in [9.17, 15) is 13.2 Å². The Morgan fingerprint density at radius 2 is 1.78 bits per heavy atom. The molecule has 0 saturated heterocycles. The van der Waals surface area contributed by atoms with Gasteiger partial charge in [-0.25, -0.2) is 8.42 Å². The lowest BCUT2D eigenvalue weighted by Gasteiger charge is -2.18. The number of unbranched alkanes of at least 4 members (excludes halogenated alkanes) is 4. The third kappa shape index (κ3) is 8.02. The van der Waals surface area contributed by atoms with Crippen LogP contribution in [0.4, 0.5) is 5.69 Å². The SMILES string of the molecule is CCCCCCCC(=O)NC(C)c1ccccc1NS(C)(=O)=O. The first kappa shape index (κ1) is 19.5. The van der Waals surface area contributed by atoms with E-state index in [-0.39, 0.29) is 11.9 Å². The molecule has 1 unspecified atom stereocenters. The summed E-state index contributed by atoms with van der Waals surface area (Å²) in [5, 5.41) is 2.94. The van der Waals surface area contributed by atoms with Gasteiger partial charge in [0.2, 0.25) is 15.9 Å². The van der Waals surface area contributed by atoms with Crippen molar-refractivity contribution in [2.24, 2.45) is 0 Å². The fraction of sp³-hybridized carbons (Fsp3) is 0.588. The smallest absolute Gasteiger partial charge is 0.229 e. The summed E-state index contributed by atoms with van der Waals surface area (Å²) in [5.74, 6) is 0.00292. The summed E-state index contributed by atoms with van der Waals surface area (Å²) in [5.41, 5.74) is 1.27. The second kappa shape index (κ2) is 9.55. The summed E-state index contributed by atoms with van der Waals surface area (Å²) in [6.45, 7) is 4.02. The molecule has 0 spiro atoms. The van der Waals surface area contributed by atoms with Crippen molar-refractivity contribution in [3.05, 3.63) is 29.8 Å². The van der Waals surface area contributed by atoms with E-state index in [1.54, 1.807) is 12.1 Å². The zero-order chi connectivity index (χ0) is 17.3. The van der Waals surface area contributed by atoms with E-state index in [1.165, 1.54) is 19.3 Å². The molecule has 0 heterocycles. The molecule has 130 valence electrons. The van der Waals surface area contributed by atoms with Gasteiger partial charge in [0, 0.05) is 6.42 Å². The van der Waals surface area contributed by atoms with Crippen LogP contribution in [0.1, 0.15) is 64.0 Å². The van der Waals surface area contributed by atoms with Gasteiger partial charge in [-0.05, 0) is 25.0 Å². The number of carbonyl (C=O) groups is 1. The van der Waals surface area contributed by atoms with E-state index in [4.69, 9.17) is 0 Å². The van der Waals surface area contributed by atoms with E-state index in [1.807, 2.05) is 19.1 Å². The van der Waals surface area contributed by atoms with Gasteiger partial charge in [-0.1, -0.05) is 50.8 Å². The van der Waals surface area contributed by atoms with Crippen LogP contribution in [0.5, 0.6) is 0 Å². The third-order valence-electron chi connectivity index (χ3n) is 3.61. The van der Waals surface area contributed by atoms with E-state index >= 15 is 0 Å². The maximum atomic E-state index is 12.0. The molecule has 0 aromatic heterocycles. The second-order valence-electron chi connectivity index (χ2n) is 5.91. The van der Waals surface area contributed by atoms with Crippen LogP contribution in [0.15, 0.2) is 24.3 Å². The Labute approximate surface area is 139 Å². The molecule has 1 amide bonds. The van der Waals surface area contributed by atoms with Crippen LogP contribution in [-0.2, 0) is 14.8 Å². The minimum atomic E-state index is -3.35. The van der Waals surface area contributed by atoms with Crippen molar-refractivity contribution < 1.29 is 13.2 Å². The highest BCUT2D eigenvalue weighted by atomic mass is 32.2. The molecule has 5 nitrogen and oxygen atoms in total. The molecule has 0 saturated carbocycles. The minimum absolute atomic E-state index is 0.00292. The molecular weight excluding hydrogens is 312 g/mol. The highest BCUT2D eigenvalue weighted by Crippen LogP contribution is 2.23. The molecule has 23 heavy (non-hydrogen) atoms. The molecule has 6 heteroatoms. The number of benzene rings is 1. The molecule has 1 atom stereocenters. The lowest BCUT2D eigenvalue weighted by molar-refractivity contribution is -0.121. The van der Waals surface area contributed by atoms with Crippen molar-refractivity contribution in [3.8, 4) is 0 Å². The molecule has 0 bridgehead atoms. The van der Waals surface area contributed by atoms with Gasteiger partial charge in [0.15, 0.2) is 0 Å². The monoisotopic (exact) mass is 340 g/mol. The molecule has 2 N–H and O–H groups in total. The number of rotatable bonds is 10. The number of hydrogen-bond acceptors (Lipinski definition) is 3. The van der Waals surface area contributed by atoms with Crippen molar-refractivity contribution in [2.45, 2.75) is 58.4 Å². The lowest BCUT2D eigenvalue weighted by atomic mass is 10.1. The lowest BCUT2D eigenvalue weighted by Crippen LogP contribution is -2.27. The molecule has 0 fully saturated rings. The summed E-state index contributed by atoms with van der Waals surface area (Å²) in [7, 11) is -3.35. The first-order valence-corrected chi connectivity index (χ1v) is 10.1. The number of amides is 1. The van der Waals surface area contributed by atoms with Crippen molar-refractivity contribution in [1.29, 1.82) is 0 Å². The number of nitrogens with one attached hydrogen (secondary N) is 2. The Hall–Kier alpha value is -1.56. The quantitative estimate of drug-likeness (QED) is 0.639. The highest BCUT2D eigenvalue weighted by Gasteiger charge is 2.14.